The van der Waals surface area contributed by atoms with Crippen molar-refractivity contribution < 1.29 is 0 Å². The van der Waals surface area contributed by atoms with E-state index in [1.54, 1.807) is 11.3 Å². The van der Waals surface area contributed by atoms with Crippen LogP contribution in [-0.2, 0) is 11.8 Å². The van der Waals surface area contributed by atoms with Crippen molar-refractivity contribution in [3.05, 3.63) is 10.8 Å². The van der Waals surface area contributed by atoms with Crippen LogP contribution in [0.5, 0.6) is 0 Å². The predicted octanol–water partition coefficient (Wildman–Crippen LogP) is 2.79. The molecule has 0 amide bonds. The van der Waals surface area contributed by atoms with Crippen molar-refractivity contribution in [3.8, 4) is 0 Å². The van der Waals surface area contributed by atoms with Crippen LogP contribution in [0.25, 0.3) is 4.96 Å². The fourth-order valence-corrected chi connectivity index (χ4v) is 3.02. The van der Waals surface area contributed by atoms with Crippen molar-refractivity contribution in [1.29, 1.82) is 0 Å². The summed E-state index contributed by atoms with van der Waals surface area (Å²) in [5.74, 6) is 0.927. The molecule has 0 unspecified atom stereocenters. The van der Waals surface area contributed by atoms with Crippen LogP contribution in [0, 0.1) is 5.41 Å². The summed E-state index contributed by atoms with van der Waals surface area (Å²) in [6.45, 7) is 11.7. The second-order valence-electron chi connectivity index (χ2n) is 7.17. The Morgan fingerprint density at radius 1 is 1.10 bits per heavy atom. The molecule has 2 aromatic heterocycles. The van der Waals surface area contributed by atoms with Crippen molar-refractivity contribution in [1.82, 2.24) is 19.8 Å². The molecule has 0 aromatic carbocycles. The number of aromatic nitrogens is 4. The van der Waals surface area contributed by atoms with Gasteiger partial charge in [0.1, 0.15) is 5.01 Å². The van der Waals surface area contributed by atoms with Crippen LogP contribution in [-0.4, -0.2) is 26.4 Å². The van der Waals surface area contributed by atoms with Crippen LogP contribution < -0.4 is 5.73 Å². The average Bonchev–Trinajstić information content (AvgIpc) is 2.83. The van der Waals surface area contributed by atoms with Crippen molar-refractivity contribution in [2.45, 2.75) is 59.3 Å². The lowest BCUT2D eigenvalue weighted by atomic mass is 9.84. The van der Waals surface area contributed by atoms with Gasteiger partial charge < -0.3 is 5.73 Å². The molecule has 112 valence electrons. The highest BCUT2D eigenvalue weighted by Gasteiger charge is 2.24. The van der Waals surface area contributed by atoms with E-state index >= 15 is 0 Å². The lowest BCUT2D eigenvalue weighted by Crippen LogP contribution is -2.18. The molecule has 0 fully saturated rings. The topological polar surface area (TPSA) is 69.1 Å². The van der Waals surface area contributed by atoms with Gasteiger partial charge in [-0.05, 0) is 24.8 Å². The number of fused-ring (bicyclic) bond motifs is 1. The monoisotopic (exact) mass is 295 g/mol. The molecule has 0 saturated heterocycles. The summed E-state index contributed by atoms with van der Waals surface area (Å²) in [7, 11) is 0. The van der Waals surface area contributed by atoms with Gasteiger partial charge in [-0.25, -0.2) is 0 Å². The molecule has 0 aliphatic heterocycles. The second-order valence-corrected chi connectivity index (χ2v) is 8.21. The maximum atomic E-state index is 5.66. The number of nitrogens with two attached hydrogens (primary N) is 1. The van der Waals surface area contributed by atoms with Gasteiger partial charge >= 0.3 is 0 Å². The molecule has 5 nitrogen and oxygen atoms in total. The number of hydrogen-bond acceptors (Lipinski definition) is 5. The fourth-order valence-electron chi connectivity index (χ4n) is 2.19. The molecule has 0 spiro atoms. The van der Waals surface area contributed by atoms with Crippen molar-refractivity contribution in [2.75, 3.05) is 6.54 Å². The summed E-state index contributed by atoms with van der Waals surface area (Å²) in [6.07, 6.45) is 3.12. The summed E-state index contributed by atoms with van der Waals surface area (Å²) in [5, 5.41) is 14.3. The van der Waals surface area contributed by atoms with E-state index in [-0.39, 0.29) is 10.8 Å². The van der Waals surface area contributed by atoms with Gasteiger partial charge in [0.05, 0.1) is 0 Å². The summed E-state index contributed by atoms with van der Waals surface area (Å²) in [5.41, 5.74) is 5.89. The van der Waals surface area contributed by atoms with Crippen LogP contribution >= 0.6 is 11.3 Å². The van der Waals surface area contributed by atoms with E-state index in [4.69, 9.17) is 5.73 Å². The predicted molar refractivity (Wildman–Crippen MR) is 83.1 cm³/mol. The van der Waals surface area contributed by atoms with E-state index < -0.39 is 0 Å². The minimum Gasteiger partial charge on any atom is -0.330 e. The Kier molecular flexibility index (Phi) is 4.16. The van der Waals surface area contributed by atoms with Crippen molar-refractivity contribution >= 4 is 16.3 Å². The first kappa shape index (κ1) is 15.4. The van der Waals surface area contributed by atoms with E-state index in [2.05, 4.69) is 49.9 Å². The zero-order chi connectivity index (χ0) is 15.0. The van der Waals surface area contributed by atoms with Crippen molar-refractivity contribution in [3.63, 3.8) is 0 Å². The molecule has 0 atom stereocenters. The Morgan fingerprint density at radius 3 is 2.40 bits per heavy atom. The van der Waals surface area contributed by atoms with Crippen molar-refractivity contribution in [2.24, 2.45) is 11.1 Å². The molecule has 0 saturated carbocycles. The Labute approximate surface area is 124 Å². The summed E-state index contributed by atoms with van der Waals surface area (Å²) < 4.78 is 1.90. The molecule has 2 aromatic rings. The minimum absolute atomic E-state index is 0.0381. The van der Waals surface area contributed by atoms with Gasteiger partial charge in [-0.15, -0.1) is 10.2 Å². The molecular weight excluding hydrogens is 270 g/mol. The number of nitrogens with zero attached hydrogens (tertiary/aromatic N) is 4. The molecule has 20 heavy (non-hydrogen) atoms. The standard InChI is InChI=1S/C14H25N5S/c1-13(2,3)11-16-17-12-19(11)18-10(20-12)6-7-14(4,5)8-9-15/h6-9,15H2,1-5H3. The highest BCUT2D eigenvalue weighted by Crippen LogP contribution is 2.28. The Bertz CT molecular complexity index is 576. The third-order valence-electron chi connectivity index (χ3n) is 3.54. The Morgan fingerprint density at radius 2 is 1.80 bits per heavy atom. The zero-order valence-electron chi connectivity index (χ0n) is 13.1. The summed E-state index contributed by atoms with van der Waals surface area (Å²) in [4.78, 5) is 0.890. The third-order valence-corrected chi connectivity index (χ3v) is 4.50. The fraction of sp³-hybridized carbons (Fsp3) is 0.786. The zero-order valence-corrected chi connectivity index (χ0v) is 13.9. The molecule has 6 heteroatoms. The van der Waals surface area contributed by atoms with Gasteiger partial charge in [0, 0.05) is 11.8 Å². The van der Waals surface area contributed by atoms with Gasteiger partial charge in [0.15, 0.2) is 5.82 Å². The summed E-state index contributed by atoms with van der Waals surface area (Å²) in [6, 6.07) is 0. The molecule has 0 aliphatic rings. The van der Waals surface area contributed by atoms with Crippen LogP contribution in [0.3, 0.4) is 0 Å². The maximum absolute atomic E-state index is 5.66. The molecule has 2 N–H and O–H groups in total. The first-order valence-electron chi connectivity index (χ1n) is 7.15. The number of rotatable bonds is 5. The first-order valence-corrected chi connectivity index (χ1v) is 7.96. The first-order chi connectivity index (χ1) is 9.23. The van der Waals surface area contributed by atoms with Crippen LogP contribution in [0.2, 0.25) is 0 Å². The Balaban J connectivity index is 2.15. The van der Waals surface area contributed by atoms with Crippen LogP contribution in [0.15, 0.2) is 0 Å². The highest BCUT2D eigenvalue weighted by molar-refractivity contribution is 7.16. The lowest BCUT2D eigenvalue weighted by Gasteiger charge is -2.22. The molecule has 0 radical (unpaired) electrons. The largest absolute Gasteiger partial charge is 0.330 e. The van der Waals surface area contributed by atoms with Crippen LogP contribution in [0.4, 0.5) is 0 Å². The third kappa shape index (κ3) is 3.35. The van der Waals surface area contributed by atoms with Gasteiger partial charge in [0.25, 0.3) is 0 Å². The molecule has 0 aliphatic carbocycles. The maximum Gasteiger partial charge on any atom is 0.234 e. The second kappa shape index (κ2) is 5.41. The van der Waals surface area contributed by atoms with E-state index in [0.717, 1.165) is 41.6 Å². The average molecular weight is 295 g/mol. The van der Waals surface area contributed by atoms with E-state index in [1.807, 2.05) is 4.52 Å². The quantitative estimate of drug-likeness (QED) is 0.921. The SMILES string of the molecule is CC(C)(CCN)CCc1nn2c(C(C)(C)C)nnc2s1. The summed E-state index contributed by atoms with van der Waals surface area (Å²) >= 11 is 1.64. The lowest BCUT2D eigenvalue weighted by molar-refractivity contribution is 0.313. The molecule has 2 heterocycles. The van der Waals surface area contributed by atoms with Gasteiger partial charge in [-0.2, -0.15) is 9.61 Å². The number of hydrogen-bond donors (Lipinski definition) is 1. The smallest absolute Gasteiger partial charge is 0.234 e. The number of aryl methyl sites for hydroxylation is 1. The molecular formula is C14H25N5S. The van der Waals surface area contributed by atoms with E-state index in [1.165, 1.54) is 0 Å². The van der Waals surface area contributed by atoms with Gasteiger partial charge in [0.2, 0.25) is 4.96 Å². The minimum atomic E-state index is -0.0381. The Hall–Kier alpha value is -1.01. The molecule has 0 bridgehead atoms. The van der Waals surface area contributed by atoms with E-state index in [0.29, 0.717) is 0 Å². The van der Waals surface area contributed by atoms with Crippen LogP contribution in [0.1, 0.15) is 58.3 Å². The molecule has 2 rings (SSSR count). The highest BCUT2D eigenvalue weighted by atomic mass is 32.1. The normalized spacial score (nSPS) is 13.3. The van der Waals surface area contributed by atoms with Gasteiger partial charge in [-0.1, -0.05) is 46.0 Å². The van der Waals surface area contributed by atoms with Gasteiger partial charge in [-0.3, -0.25) is 0 Å². The van der Waals surface area contributed by atoms with E-state index in [9.17, 15) is 0 Å².